The minimum absolute atomic E-state index is 0.0591. The molecule has 0 saturated heterocycles. The van der Waals surface area contributed by atoms with Gasteiger partial charge in [0, 0.05) is 26.3 Å². The normalized spacial score (nSPS) is 10.2. The first-order valence-electron chi connectivity index (χ1n) is 6.74. The molecule has 0 aliphatic heterocycles. The largest absolute Gasteiger partial charge is 0.387 e. The van der Waals surface area contributed by atoms with Crippen LogP contribution < -0.4 is 10.6 Å². The molecule has 0 bridgehead atoms. The van der Waals surface area contributed by atoms with Gasteiger partial charge >= 0.3 is 0 Å². The maximum atomic E-state index is 12.3. The van der Waals surface area contributed by atoms with Gasteiger partial charge < -0.3 is 15.5 Å². The summed E-state index contributed by atoms with van der Waals surface area (Å²) < 4.78 is 0. The number of hydrogen-bond acceptors (Lipinski definition) is 3. The molecule has 5 nitrogen and oxygen atoms in total. The van der Waals surface area contributed by atoms with Crippen molar-refractivity contribution in [2.24, 2.45) is 5.92 Å². The van der Waals surface area contributed by atoms with Gasteiger partial charge in [-0.05, 0) is 18.1 Å². The highest BCUT2D eigenvalue weighted by molar-refractivity contribution is 6.00. The second-order valence-electron chi connectivity index (χ2n) is 5.15. The summed E-state index contributed by atoms with van der Waals surface area (Å²) in [6.07, 6.45) is 0. The Hall–Kier alpha value is -2.04. The van der Waals surface area contributed by atoms with Crippen LogP contribution in [0.2, 0.25) is 0 Å². The Kier molecular flexibility index (Phi) is 6.03. The molecule has 0 aliphatic carbocycles. The third-order valence-corrected chi connectivity index (χ3v) is 2.86. The first kappa shape index (κ1) is 16.0. The van der Waals surface area contributed by atoms with Crippen LogP contribution in [0.5, 0.6) is 0 Å². The predicted molar refractivity (Wildman–Crippen MR) is 80.8 cm³/mol. The molecule has 5 heteroatoms. The molecule has 0 saturated carbocycles. The minimum Gasteiger partial charge on any atom is -0.387 e. The fraction of sp³-hybridized carbons (Fsp3) is 0.467. The summed E-state index contributed by atoms with van der Waals surface area (Å²) in [5, 5.41) is 5.78. The summed E-state index contributed by atoms with van der Waals surface area (Å²) in [4.78, 5) is 25.5. The highest BCUT2D eigenvalue weighted by atomic mass is 16.2. The minimum atomic E-state index is -0.172. The standard InChI is InChI=1S/C15H23N3O2/c1-11(2)9-17-14(19)10-18(4)15(20)12-7-5-6-8-13(12)16-3/h5-8,11,16H,9-10H2,1-4H3,(H,17,19). The zero-order valence-corrected chi connectivity index (χ0v) is 12.6. The molecule has 0 atom stereocenters. The molecule has 0 aliphatic rings. The summed E-state index contributed by atoms with van der Waals surface area (Å²) in [7, 11) is 3.39. The van der Waals surface area contributed by atoms with Crippen molar-refractivity contribution >= 4 is 17.5 Å². The van der Waals surface area contributed by atoms with Crippen molar-refractivity contribution < 1.29 is 9.59 Å². The summed E-state index contributed by atoms with van der Waals surface area (Å²) in [6, 6.07) is 7.25. The summed E-state index contributed by atoms with van der Waals surface area (Å²) in [6.45, 7) is 4.73. The predicted octanol–water partition coefficient (Wildman–Crippen LogP) is 1.57. The van der Waals surface area contributed by atoms with Gasteiger partial charge in [0.15, 0.2) is 0 Å². The van der Waals surface area contributed by atoms with E-state index >= 15 is 0 Å². The van der Waals surface area contributed by atoms with Crippen LogP contribution in [0.3, 0.4) is 0 Å². The van der Waals surface area contributed by atoms with Crippen LogP contribution >= 0.6 is 0 Å². The fourth-order valence-corrected chi connectivity index (χ4v) is 1.75. The van der Waals surface area contributed by atoms with Gasteiger partial charge in [0.05, 0.1) is 12.1 Å². The number of anilines is 1. The van der Waals surface area contributed by atoms with Crippen molar-refractivity contribution in [1.29, 1.82) is 0 Å². The second kappa shape index (κ2) is 7.53. The zero-order valence-electron chi connectivity index (χ0n) is 12.6. The third kappa shape index (κ3) is 4.57. The molecule has 0 radical (unpaired) electrons. The van der Waals surface area contributed by atoms with E-state index in [9.17, 15) is 9.59 Å². The van der Waals surface area contributed by atoms with Crippen molar-refractivity contribution in [2.75, 3.05) is 32.5 Å². The Morgan fingerprint density at radius 2 is 1.90 bits per heavy atom. The monoisotopic (exact) mass is 277 g/mol. The van der Waals surface area contributed by atoms with Gasteiger partial charge in [-0.25, -0.2) is 0 Å². The second-order valence-corrected chi connectivity index (χ2v) is 5.15. The lowest BCUT2D eigenvalue weighted by molar-refractivity contribution is -0.121. The quantitative estimate of drug-likeness (QED) is 0.830. The van der Waals surface area contributed by atoms with E-state index in [1.165, 1.54) is 4.90 Å². The van der Waals surface area contributed by atoms with E-state index in [1.807, 2.05) is 26.0 Å². The first-order chi connectivity index (χ1) is 9.45. The Balaban J connectivity index is 2.65. The van der Waals surface area contributed by atoms with Crippen LogP contribution in [0.15, 0.2) is 24.3 Å². The molecule has 2 N–H and O–H groups in total. The van der Waals surface area contributed by atoms with Crippen LogP contribution in [0.25, 0.3) is 0 Å². The Morgan fingerprint density at radius 1 is 1.25 bits per heavy atom. The number of nitrogens with zero attached hydrogens (tertiary/aromatic N) is 1. The molecule has 0 heterocycles. The van der Waals surface area contributed by atoms with Gasteiger partial charge in [0.2, 0.25) is 5.91 Å². The van der Waals surface area contributed by atoms with Crippen molar-refractivity contribution in [2.45, 2.75) is 13.8 Å². The topological polar surface area (TPSA) is 61.4 Å². The van der Waals surface area contributed by atoms with Crippen LogP contribution in [0, 0.1) is 5.92 Å². The highest BCUT2D eigenvalue weighted by Gasteiger charge is 2.17. The van der Waals surface area contributed by atoms with Crippen LogP contribution in [0.4, 0.5) is 5.69 Å². The van der Waals surface area contributed by atoms with Crippen LogP contribution in [-0.4, -0.2) is 43.9 Å². The lowest BCUT2D eigenvalue weighted by atomic mass is 10.1. The number of carbonyl (C=O) groups is 2. The molecular formula is C15H23N3O2. The summed E-state index contributed by atoms with van der Waals surface area (Å²) in [5.74, 6) is 0.0797. The molecule has 0 unspecified atom stereocenters. The van der Waals surface area contributed by atoms with Crippen LogP contribution in [-0.2, 0) is 4.79 Å². The van der Waals surface area contributed by atoms with Gasteiger partial charge in [-0.15, -0.1) is 0 Å². The number of rotatable bonds is 6. The molecule has 0 fully saturated rings. The van der Waals surface area contributed by atoms with E-state index in [0.717, 1.165) is 5.69 Å². The van der Waals surface area contributed by atoms with Crippen molar-refractivity contribution in [1.82, 2.24) is 10.2 Å². The van der Waals surface area contributed by atoms with E-state index in [-0.39, 0.29) is 18.4 Å². The molecule has 0 aromatic heterocycles. The number of hydrogen-bond donors (Lipinski definition) is 2. The smallest absolute Gasteiger partial charge is 0.256 e. The zero-order chi connectivity index (χ0) is 15.1. The molecule has 0 spiro atoms. The Bertz CT molecular complexity index is 472. The van der Waals surface area contributed by atoms with Gasteiger partial charge in [-0.3, -0.25) is 9.59 Å². The lowest BCUT2D eigenvalue weighted by Crippen LogP contribution is -2.39. The van der Waals surface area contributed by atoms with E-state index in [4.69, 9.17) is 0 Å². The number of nitrogens with one attached hydrogen (secondary N) is 2. The lowest BCUT2D eigenvalue weighted by Gasteiger charge is -2.19. The van der Waals surface area contributed by atoms with Gasteiger partial charge in [-0.1, -0.05) is 26.0 Å². The maximum Gasteiger partial charge on any atom is 0.256 e. The van der Waals surface area contributed by atoms with Crippen molar-refractivity contribution in [3.63, 3.8) is 0 Å². The molecule has 1 rings (SSSR count). The molecule has 1 aromatic rings. The average molecular weight is 277 g/mol. The number of likely N-dealkylation sites (N-methyl/N-ethyl adjacent to an activating group) is 1. The average Bonchev–Trinajstić information content (AvgIpc) is 2.44. The summed E-state index contributed by atoms with van der Waals surface area (Å²) >= 11 is 0. The van der Waals surface area contributed by atoms with E-state index in [0.29, 0.717) is 18.0 Å². The van der Waals surface area contributed by atoms with Gasteiger partial charge in [0.1, 0.15) is 0 Å². The van der Waals surface area contributed by atoms with Crippen molar-refractivity contribution in [3.05, 3.63) is 29.8 Å². The fourth-order valence-electron chi connectivity index (χ4n) is 1.75. The van der Waals surface area contributed by atoms with E-state index < -0.39 is 0 Å². The highest BCUT2D eigenvalue weighted by Crippen LogP contribution is 2.15. The van der Waals surface area contributed by atoms with Gasteiger partial charge in [-0.2, -0.15) is 0 Å². The number of benzene rings is 1. The SMILES string of the molecule is CNc1ccccc1C(=O)N(C)CC(=O)NCC(C)C. The van der Waals surface area contributed by atoms with E-state index in [1.54, 1.807) is 26.2 Å². The Labute approximate surface area is 120 Å². The van der Waals surface area contributed by atoms with E-state index in [2.05, 4.69) is 10.6 Å². The third-order valence-electron chi connectivity index (χ3n) is 2.86. The number of para-hydroxylation sites is 1. The Morgan fingerprint density at radius 3 is 2.50 bits per heavy atom. The van der Waals surface area contributed by atoms with Crippen molar-refractivity contribution in [3.8, 4) is 0 Å². The molecule has 2 amide bonds. The number of carbonyl (C=O) groups excluding carboxylic acids is 2. The molecule has 1 aromatic carbocycles. The first-order valence-corrected chi connectivity index (χ1v) is 6.74. The van der Waals surface area contributed by atoms with Gasteiger partial charge in [0.25, 0.3) is 5.91 Å². The maximum absolute atomic E-state index is 12.3. The molecule has 20 heavy (non-hydrogen) atoms. The number of amides is 2. The molecule has 110 valence electrons. The van der Waals surface area contributed by atoms with Crippen LogP contribution in [0.1, 0.15) is 24.2 Å². The summed E-state index contributed by atoms with van der Waals surface area (Å²) in [5.41, 5.74) is 1.32. The molecular weight excluding hydrogens is 254 g/mol.